The van der Waals surface area contributed by atoms with Crippen LogP contribution in [-0.2, 0) is 32.7 Å². The largest absolute Gasteiger partial charge is 0.360 e. The van der Waals surface area contributed by atoms with Crippen molar-refractivity contribution in [2.45, 2.75) is 77.0 Å². The number of halogens is 2. The summed E-state index contributed by atoms with van der Waals surface area (Å²) in [5, 5.41) is 15.3. The number of hydrogen-bond donors (Lipinski definition) is 5. The van der Waals surface area contributed by atoms with Gasteiger partial charge in [-0.15, -0.1) is 0 Å². The van der Waals surface area contributed by atoms with Gasteiger partial charge in [0, 0.05) is 116 Å². The molecule has 0 unspecified atom stereocenters. The molecule has 11 rings (SSSR count). The van der Waals surface area contributed by atoms with Gasteiger partial charge in [-0.3, -0.25) is 19.4 Å². The van der Waals surface area contributed by atoms with Crippen LogP contribution >= 0.6 is 23.2 Å². The Morgan fingerprint density at radius 3 is 1.58 bits per heavy atom. The van der Waals surface area contributed by atoms with Crippen molar-refractivity contribution >= 4 is 90.1 Å². The fraction of sp³-hybridized carbons (Fsp3) is 0.254. The molecule has 2 aliphatic heterocycles. The van der Waals surface area contributed by atoms with E-state index in [4.69, 9.17) is 33.2 Å². The molecule has 0 bridgehead atoms. The predicted molar refractivity (Wildman–Crippen MR) is 313 cm³/mol. The van der Waals surface area contributed by atoms with E-state index in [0.717, 1.165) is 104 Å². The number of anilines is 4. The van der Waals surface area contributed by atoms with Gasteiger partial charge in [-0.2, -0.15) is 0 Å². The number of piperidine rings is 2. The van der Waals surface area contributed by atoms with Crippen LogP contribution in [0.5, 0.6) is 0 Å². The average Bonchev–Trinajstić information content (AvgIpc) is 4.21. The number of nitrogens with zero attached hydrogens (tertiary/aromatic N) is 7. The molecule has 0 radical (unpaired) electrons. The maximum Gasteiger partial charge on any atom is 0.268 e. The van der Waals surface area contributed by atoms with Gasteiger partial charge in [0.1, 0.15) is 0 Å². The van der Waals surface area contributed by atoms with Gasteiger partial charge in [0.25, 0.3) is 10.0 Å². The molecule has 0 aliphatic carbocycles. The molecular weight excluding hydrogens is 1040 g/mol. The smallest absolute Gasteiger partial charge is 0.268 e. The summed E-state index contributed by atoms with van der Waals surface area (Å²) in [5.41, 5.74) is 8.45. The van der Waals surface area contributed by atoms with Gasteiger partial charge < -0.3 is 26.3 Å². The van der Waals surface area contributed by atoms with E-state index < -0.39 is 10.0 Å². The van der Waals surface area contributed by atoms with Crippen LogP contribution in [-0.4, -0.2) is 97.2 Å². The topological polar surface area (TPSA) is 195 Å². The molecule has 0 saturated carbocycles. The van der Waals surface area contributed by atoms with Crippen molar-refractivity contribution in [1.29, 1.82) is 0 Å². The van der Waals surface area contributed by atoms with Gasteiger partial charge in [0.05, 0.1) is 44.2 Å². The van der Waals surface area contributed by atoms with Crippen molar-refractivity contribution < 1.29 is 18.0 Å². The number of H-pyrrole nitrogens is 1. The Bertz CT molecular complexity index is 3640. The minimum atomic E-state index is -3.84. The molecule has 9 aromatic rings. The number of rotatable bonds is 14. The first-order chi connectivity index (χ1) is 37.3. The van der Waals surface area contributed by atoms with Crippen molar-refractivity contribution in [3.63, 3.8) is 0 Å². The number of para-hydroxylation sites is 2. The third-order valence-corrected chi connectivity index (χ3v) is 16.0. The highest BCUT2D eigenvalue weighted by atomic mass is 35.5. The van der Waals surface area contributed by atoms with Crippen LogP contribution in [0.2, 0.25) is 10.0 Å². The Morgan fingerprint density at radius 1 is 0.603 bits per heavy atom. The van der Waals surface area contributed by atoms with Gasteiger partial charge >= 0.3 is 0 Å². The minimum Gasteiger partial charge on any atom is -0.360 e. The van der Waals surface area contributed by atoms with Crippen molar-refractivity contribution in [3.8, 4) is 22.5 Å². The Balaban J connectivity index is 0.000000192. The maximum absolute atomic E-state index is 13.6. The molecule has 5 aromatic carbocycles. The third kappa shape index (κ3) is 13.2. The van der Waals surface area contributed by atoms with Crippen LogP contribution in [0.25, 0.3) is 44.3 Å². The molecule has 6 heterocycles. The Morgan fingerprint density at radius 2 is 1.06 bits per heavy atom. The number of nitrogens with one attached hydrogen (secondary N) is 5. The average molecular weight is 1110 g/mol. The van der Waals surface area contributed by atoms with Crippen LogP contribution in [0.15, 0.2) is 157 Å². The summed E-state index contributed by atoms with van der Waals surface area (Å²) in [6.07, 6.45) is 10.6. The number of likely N-dealkylation sites (tertiary alicyclic amines) is 2. The summed E-state index contributed by atoms with van der Waals surface area (Å²) in [5.74, 6) is 0.924. The van der Waals surface area contributed by atoms with E-state index in [2.05, 4.69) is 64.2 Å². The van der Waals surface area contributed by atoms with E-state index in [-0.39, 0.29) is 30.2 Å². The standard InChI is InChI=1S/C32H31ClN6O3S.C26H27ClN6O.CH4/c1-22(40)35-24-13-11-23(12-14-24)20-38-17-15-25(16-18-38)36-32-34-19-29(33)31(37-32)28-21-39(30-10-6-5-9-27(28)30)43(41,42)26-7-3-2-4-8-26;1-17(34)30-19-8-6-18(7-9-19)16-33-12-10-20(11-13-33)31-26-29-15-23(27)25(32-26)22-14-28-24-5-3-2-4-21(22)24;/h2-14,19,21,25H,15-18,20H2,1H3,(H,35,40)(H,34,36,37);2-9,14-15,20,28H,10-13,16H2,1H3,(H,30,34)(H,29,31,32);1H4. The van der Waals surface area contributed by atoms with Crippen molar-refractivity contribution in [2.24, 2.45) is 0 Å². The van der Waals surface area contributed by atoms with Gasteiger partial charge in [-0.25, -0.2) is 32.3 Å². The number of fused-ring (bicyclic) bond motifs is 2. The zero-order valence-electron chi connectivity index (χ0n) is 42.6. The fourth-order valence-electron chi connectivity index (χ4n) is 9.91. The summed E-state index contributed by atoms with van der Waals surface area (Å²) in [6.45, 7) is 8.57. The predicted octanol–water partition coefficient (Wildman–Crippen LogP) is 12.0. The summed E-state index contributed by atoms with van der Waals surface area (Å²) in [4.78, 5) is 49.2. The molecule has 78 heavy (non-hydrogen) atoms. The lowest BCUT2D eigenvalue weighted by atomic mass is 10.0. The Labute approximate surface area is 464 Å². The molecule has 2 aliphatic rings. The van der Waals surface area contributed by atoms with Gasteiger partial charge in [0.15, 0.2) is 0 Å². The zero-order valence-corrected chi connectivity index (χ0v) is 44.9. The molecule has 2 saturated heterocycles. The molecular formula is C59H62Cl2N12O4S. The second-order valence-electron chi connectivity index (χ2n) is 19.3. The van der Waals surface area contributed by atoms with Crippen LogP contribution in [0.3, 0.4) is 0 Å². The number of aromatic amines is 1. The molecule has 0 spiro atoms. The first-order valence-electron chi connectivity index (χ1n) is 25.6. The van der Waals surface area contributed by atoms with Crippen LogP contribution < -0.4 is 21.3 Å². The lowest BCUT2D eigenvalue weighted by Crippen LogP contribution is -2.39. The highest BCUT2D eigenvalue weighted by Gasteiger charge is 2.26. The fourth-order valence-corrected chi connectivity index (χ4v) is 11.7. The normalized spacial score (nSPS) is 14.5. The second-order valence-corrected chi connectivity index (χ2v) is 22.0. The minimum absolute atomic E-state index is 0. The molecule has 2 fully saturated rings. The number of hydrogen-bond acceptors (Lipinski definition) is 12. The SMILES string of the molecule is C.CC(=O)Nc1ccc(CN2CCC(Nc3ncc(Cl)c(-c4c[nH]c5ccccc45)n3)CC2)cc1.CC(=O)Nc1ccc(CN2CCC(Nc3ncc(Cl)c(-c4cn(S(=O)(=O)c5ccccc5)c5ccccc45)n3)CC2)cc1. The lowest BCUT2D eigenvalue weighted by molar-refractivity contribution is -0.115. The third-order valence-electron chi connectivity index (χ3n) is 13.8. The van der Waals surface area contributed by atoms with Crippen LogP contribution in [0.4, 0.5) is 23.3 Å². The second kappa shape index (κ2) is 24.8. The van der Waals surface area contributed by atoms with Crippen molar-refractivity contribution in [1.82, 2.24) is 38.7 Å². The van der Waals surface area contributed by atoms with E-state index in [1.807, 2.05) is 79.0 Å². The first kappa shape index (κ1) is 55.1. The van der Waals surface area contributed by atoms with E-state index in [1.54, 1.807) is 55.0 Å². The monoisotopic (exact) mass is 1100 g/mol. The summed E-state index contributed by atoms with van der Waals surface area (Å²) < 4.78 is 28.4. The zero-order chi connectivity index (χ0) is 53.5. The van der Waals surface area contributed by atoms with Gasteiger partial charge in [-0.05, 0) is 85.3 Å². The summed E-state index contributed by atoms with van der Waals surface area (Å²) in [6, 6.07) is 40.3. The van der Waals surface area contributed by atoms with E-state index in [0.29, 0.717) is 44.8 Å². The van der Waals surface area contributed by atoms with Crippen LogP contribution in [0.1, 0.15) is 58.1 Å². The summed E-state index contributed by atoms with van der Waals surface area (Å²) >= 11 is 13.1. The maximum atomic E-state index is 13.6. The number of aromatic nitrogens is 6. The van der Waals surface area contributed by atoms with Crippen molar-refractivity contribution in [3.05, 3.63) is 173 Å². The molecule has 5 N–H and O–H groups in total. The van der Waals surface area contributed by atoms with E-state index in [9.17, 15) is 18.0 Å². The summed E-state index contributed by atoms with van der Waals surface area (Å²) in [7, 11) is -3.84. The van der Waals surface area contributed by atoms with Crippen LogP contribution in [0, 0.1) is 0 Å². The molecule has 16 nitrogen and oxygen atoms in total. The van der Waals surface area contributed by atoms with Gasteiger partial charge in [0.2, 0.25) is 23.7 Å². The number of amides is 2. The molecule has 2 amide bonds. The van der Waals surface area contributed by atoms with Crippen molar-refractivity contribution in [2.75, 3.05) is 47.4 Å². The number of carbonyl (C=O) groups excluding carboxylic acids is 2. The quantitative estimate of drug-likeness (QED) is 0.0692. The van der Waals surface area contributed by atoms with E-state index in [1.165, 1.54) is 28.9 Å². The number of benzene rings is 5. The molecule has 402 valence electrons. The van der Waals surface area contributed by atoms with Gasteiger partial charge in [-0.1, -0.05) is 109 Å². The molecule has 4 aromatic heterocycles. The van der Waals surface area contributed by atoms with E-state index >= 15 is 0 Å². The first-order valence-corrected chi connectivity index (χ1v) is 27.8. The molecule has 19 heteroatoms. The highest BCUT2D eigenvalue weighted by molar-refractivity contribution is 7.90. The lowest BCUT2D eigenvalue weighted by Gasteiger charge is -2.32. The Kier molecular flexibility index (Phi) is 17.5. The molecule has 0 atom stereocenters. The highest BCUT2D eigenvalue weighted by Crippen LogP contribution is 2.37. The Hall–Kier alpha value is -7.67. The number of carbonyl (C=O) groups is 2.